The van der Waals surface area contributed by atoms with Crippen molar-refractivity contribution in [1.29, 1.82) is 0 Å². The first-order valence-corrected chi connectivity index (χ1v) is 4.15. The lowest BCUT2D eigenvalue weighted by molar-refractivity contribution is -0.115. The van der Waals surface area contributed by atoms with Crippen molar-refractivity contribution in [2.75, 3.05) is 0 Å². The minimum atomic E-state index is 0.290. The van der Waals surface area contributed by atoms with Crippen LogP contribution in [0, 0.1) is 5.92 Å². The van der Waals surface area contributed by atoms with E-state index < -0.39 is 0 Å². The third-order valence-electron chi connectivity index (χ3n) is 1.41. The normalized spacial score (nSPS) is 28.0. The summed E-state index contributed by atoms with van der Waals surface area (Å²) in [5.74, 6) is 0.854. The highest BCUT2D eigenvalue weighted by Crippen LogP contribution is 2.25. The van der Waals surface area contributed by atoms with Gasteiger partial charge in [0.2, 0.25) is 0 Å². The lowest BCUT2D eigenvalue weighted by Gasteiger charge is -2.13. The third-order valence-corrected chi connectivity index (χ3v) is 2.16. The number of rotatable bonds is 0. The van der Waals surface area contributed by atoms with Gasteiger partial charge in [-0.2, -0.15) is 0 Å². The highest BCUT2D eigenvalue weighted by Gasteiger charge is 2.14. The van der Waals surface area contributed by atoms with Crippen LogP contribution in [0.3, 0.4) is 0 Å². The maximum Gasteiger partial charge on any atom is 0.156 e. The van der Waals surface area contributed by atoms with Crippen molar-refractivity contribution in [3.63, 3.8) is 0 Å². The molecule has 0 bridgehead atoms. The molecule has 1 rings (SSSR count). The average Bonchev–Trinajstić information content (AvgIpc) is 1.59. The molecule has 50 valence electrons. The fraction of sp³-hybridized carbons (Fsp3) is 0.571. The van der Waals surface area contributed by atoms with Gasteiger partial charge in [-0.1, -0.05) is 6.92 Å². The Morgan fingerprint density at radius 3 is 2.78 bits per heavy atom. The molecule has 0 aromatic rings. The Bertz CT molecular complexity index is 160. The van der Waals surface area contributed by atoms with E-state index in [1.807, 2.05) is 0 Å². The van der Waals surface area contributed by atoms with Crippen LogP contribution in [0.1, 0.15) is 19.8 Å². The SMILES string of the molecule is CC1CC(=O)C=C(I)C1. The van der Waals surface area contributed by atoms with E-state index in [0.717, 1.165) is 12.8 Å². The molecule has 0 aromatic heterocycles. The zero-order chi connectivity index (χ0) is 6.85. The summed E-state index contributed by atoms with van der Waals surface area (Å²) in [6, 6.07) is 0. The van der Waals surface area contributed by atoms with Gasteiger partial charge in [-0.05, 0) is 44.6 Å². The molecule has 1 nitrogen and oxygen atoms in total. The summed E-state index contributed by atoms with van der Waals surface area (Å²) in [7, 11) is 0. The molecule has 1 aliphatic carbocycles. The molecule has 0 saturated carbocycles. The Morgan fingerprint density at radius 1 is 1.67 bits per heavy atom. The van der Waals surface area contributed by atoms with Crippen molar-refractivity contribution in [1.82, 2.24) is 0 Å². The predicted octanol–water partition coefficient (Wildman–Crippen LogP) is 2.30. The molecule has 0 N–H and O–H groups in total. The van der Waals surface area contributed by atoms with E-state index in [0.29, 0.717) is 5.92 Å². The van der Waals surface area contributed by atoms with Crippen LogP contribution in [0.25, 0.3) is 0 Å². The van der Waals surface area contributed by atoms with Crippen molar-refractivity contribution in [2.24, 2.45) is 5.92 Å². The molecule has 2 heteroatoms. The van der Waals surface area contributed by atoms with Crippen molar-refractivity contribution in [3.05, 3.63) is 9.66 Å². The van der Waals surface area contributed by atoms with Crippen LogP contribution in [-0.2, 0) is 4.79 Å². The number of carbonyl (C=O) groups is 1. The molecule has 0 fully saturated rings. The zero-order valence-electron chi connectivity index (χ0n) is 5.36. The standard InChI is InChI=1S/C7H9IO/c1-5-2-6(8)4-7(9)3-5/h4-5H,2-3H2,1H3. The molecule has 0 heterocycles. The van der Waals surface area contributed by atoms with Gasteiger partial charge in [0.25, 0.3) is 0 Å². The van der Waals surface area contributed by atoms with Crippen molar-refractivity contribution in [2.45, 2.75) is 19.8 Å². The van der Waals surface area contributed by atoms with Crippen LogP contribution < -0.4 is 0 Å². The van der Waals surface area contributed by atoms with Gasteiger partial charge in [-0.3, -0.25) is 4.79 Å². The van der Waals surface area contributed by atoms with Crippen molar-refractivity contribution < 1.29 is 4.79 Å². The molecule has 0 saturated heterocycles. The molecule has 1 aliphatic rings. The van der Waals surface area contributed by atoms with Crippen LogP contribution in [-0.4, -0.2) is 5.78 Å². The maximum atomic E-state index is 10.8. The number of hydrogen-bond donors (Lipinski definition) is 0. The summed E-state index contributed by atoms with van der Waals surface area (Å²) in [6.45, 7) is 2.11. The van der Waals surface area contributed by atoms with Gasteiger partial charge in [0.05, 0.1) is 0 Å². The number of hydrogen-bond acceptors (Lipinski definition) is 1. The summed E-state index contributed by atoms with van der Waals surface area (Å²) in [6.07, 6.45) is 3.58. The largest absolute Gasteiger partial charge is 0.295 e. The number of allylic oxidation sites excluding steroid dienone is 2. The lowest BCUT2D eigenvalue weighted by Crippen LogP contribution is -2.08. The van der Waals surface area contributed by atoms with E-state index in [1.54, 1.807) is 6.08 Å². The molecule has 1 atom stereocenters. The molecule has 0 radical (unpaired) electrons. The van der Waals surface area contributed by atoms with Crippen molar-refractivity contribution in [3.8, 4) is 0 Å². The average molecular weight is 236 g/mol. The Morgan fingerprint density at radius 2 is 2.33 bits per heavy atom. The summed E-state index contributed by atoms with van der Waals surface area (Å²) in [4.78, 5) is 10.8. The van der Waals surface area contributed by atoms with Gasteiger partial charge >= 0.3 is 0 Å². The number of halogens is 1. The number of carbonyl (C=O) groups excluding carboxylic acids is 1. The van der Waals surface area contributed by atoms with Gasteiger partial charge in [0.15, 0.2) is 5.78 Å². The van der Waals surface area contributed by atoms with E-state index in [4.69, 9.17) is 0 Å². The Labute approximate surface area is 68.7 Å². The first kappa shape index (κ1) is 7.25. The first-order chi connectivity index (χ1) is 4.18. The van der Waals surface area contributed by atoms with Crippen LogP contribution >= 0.6 is 22.6 Å². The molecule has 9 heavy (non-hydrogen) atoms. The first-order valence-electron chi connectivity index (χ1n) is 3.07. The monoisotopic (exact) mass is 236 g/mol. The second-order valence-electron chi connectivity index (χ2n) is 2.57. The molecule has 0 amide bonds. The molecule has 0 aliphatic heterocycles. The van der Waals surface area contributed by atoms with Gasteiger partial charge in [0.1, 0.15) is 0 Å². The molecule has 0 spiro atoms. The fourth-order valence-electron chi connectivity index (χ4n) is 1.04. The summed E-state index contributed by atoms with van der Waals surface area (Å²) in [5, 5.41) is 0. The highest BCUT2D eigenvalue weighted by atomic mass is 127. The summed E-state index contributed by atoms with van der Waals surface area (Å²) < 4.78 is 1.20. The van der Waals surface area contributed by atoms with Crippen LogP contribution in [0.2, 0.25) is 0 Å². The minimum absolute atomic E-state index is 0.290. The number of ketones is 1. The van der Waals surface area contributed by atoms with Crippen LogP contribution in [0.5, 0.6) is 0 Å². The molecular weight excluding hydrogens is 227 g/mol. The van der Waals surface area contributed by atoms with Gasteiger partial charge in [-0.15, -0.1) is 0 Å². The second-order valence-corrected chi connectivity index (χ2v) is 3.96. The molecular formula is C7H9IO. The van der Waals surface area contributed by atoms with Crippen LogP contribution in [0.15, 0.2) is 9.66 Å². The Balaban J connectivity index is 2.67. The maximum absolute atomic E-state index is 10.8. The highest BCUT2D eigenvalue weighted by molar-refractivity contribution is 14.1. The van der Waals surface area contributed by atoms with E-state index in [1.165, 1.54) is 3.58 Å². The smallest absolute Gasteiger partial charge is 0.156 e. The van der Waals surface area contributed by atoms with E-state index in [9.17, 15) is 4.79 Å². The summed E-state index contributed by atoms with van der Waals surface area (Å²) in [5.41, 5.74) is 0. The van der Waals surface area contributed by atoms with Crippen LogP contribution in [0.4, 0.5) is 0 Å². The minimum Gasteiger partial charge on any atom is -0.295 e. The van der Waals surface area contributed by atoms with Gasteiger partial charge in [0, 0.05) is 6.42 Å². The molecule has 0 aromatic carbocycles. The third kappa shape index (κ3) is 2.08. The summed E-state index contributed by atoms with van der Waals surface area (Å²) >= 11 is 2.23. The van der Waals surface area contributed by atoms with Crippen molar-refractivity contribution >= 4 is 28.4 Å². The lowest BCUT2D eigenvalue weighted by atomic mass is 9.96. The predicted molar refractivity (Wildman–Crippen MR) is 45.5 cm³/mol. The van der Waals surface area contributed by atoms with Gasteiger partial charge in [-0.25, -0.2) is 0 Å². The zero-order valence-corrected chi connectivity index (χ0v) is 7.51. The quantitative estimate of drug-likeness (QED) is 0.590. The van der Waals surface area contributed by atoms with Gasteiger partial charge < -0.3 is 0 Å². The topological polar surface area (TPSA) is 17.1 Å². The van der Waals surface area contributed by atoms with E-state index in [2.05, 4.69) is 29.5 Å². The fourth-order valence-corrected chi connectivity index (χ4v) is 2.14. The Hall–Kier alpha value is 0.140. The van der Waals surface area contributed by atoms with E-state index in [-0.39, 0.29) is 5.78 Å². The van der Waals surface area contributed by atoms with E-state index >= 15 is 0 Å². The second kappa shape index (κ2) is 2.82. The molecule has 1 unspecified atom stereocenters. The Kier molecular flexibility index (Phi) is 2.27.